The molecule has 0 aliphatic carbocycles. The van der Waals surface area contributed by atoms with Gasteiger partial charge < -0.3 is 14.8 Å². The third-order valence-corrected chi connectivity index (χ3v) is 5.20. The van der Waals surface area contributed by atoms with Gasteiger partial charge in [0.05, 0.1) is 20.5 Å². The lowest BCUT2D eigenvalue weighted by molar-refractivity contribution is -0.128. The van der Waals surface area contributed by atoms with Crippen LogP contribution in [0.1, 0.15) is 26.3 Å². The zero-order chi connectivity index (χ0) is 20.0. The molecule has 26 heavy (non-hydrogen) atoms. The summed E-state index contributed by atoms with van der Waals surface area (Å²) >= 11 is 0. The average Bonchev–Trinajstić information content (AvgIpc) is 2.55. The molecular formula is C18H30N2O5S. The van der Waals surface area contributed by atoms with Crippen LogP contribution in [-0.4, -0.2) is 58.7 Å². The summed E-state index contributed by atoms with van der Waals surface area (Å²) < 4.78 is 35.9. The van der Waals surface area contributed by atoms with E-state index < -0.39 is 15.4 Å². The van der Waals surface area contributed by atoms with Gasteiger partial charge in [-0.1, -0.05) is 26.8 Å². The molecule has 1 N–H and O–H groups in total. The fourth-order valence-electron chi connectivity index (χ4n) is 2.29. The summed E-state index contributed by atoms with van der Waals surface area (Å²) in [7, 11) is -0.249. The van der Waals surface area contributed by atoms with Gasteiger partial charge in [0.25, 0.3) is 0 Å². The third kappa shape index (κ3) is 6.84. The van der Waals surface area contributed by atoms with Gasteiger partial charge in [0.15, 0.2) is 11.5 Å². The van der Waals surface area contributed by atoms with Crippen LogP contribution in [0, 0.1) is 5.41 Å². The molecule has 0 atom stereocenters. The van der Waals surface area contributed by atoms with E-state index in [2.05, 4.69) is 5.32 Å². The van der Waals surface area contributed by atoms with E-state index in [0.29, 0.717) is 24.5 Å². The predicted molar refractivity (Wildman–Crippen MR) is 102 cm³/mol. The van der Waals surface area contributed by atoms with Crippen LogP contribution < -0.4 is 14.8 Å². The zero-order valence-corrected chi connectivity index (χ0v) is 17.3. The fraction of sp³-hybridized carbons (Fsp3) is 0.611. The Hall–Kier alpha value is -1.80. The van der Waals surface area contributed by atoms with Gasteiger partial charge in [-0.05, 0) is 24.1 Å². The number of sulfonamides is 1. The van der Waals surface area contributed by atoms with Crippen molar-refractivity contribution in [3.05, 3.63) is 23.8 Å². The number of methoxy groups -OCH3 is 2. The molecule has 0 saturated heterocycles. The summed E-state index contributed by atoms with van der Waals surface area (Å²) in [6.07, 6.45) is 1.70. The molecule has 0 aliphatic rings. The Kier molecular flexibility index (Phi) is 7.89. The van der Waals surface area contributed by atoms with Gasteiger partial charge in [0.1, 0.15) is 0 Å². The molecule has 0 fully saturated rings. The van der Waals surface area contributed by atoms with Crippen molar-refractivity contribution in [2.45, 2.75) is 27.2 Å². The van der Waals surface area contributed by atoms with Crippen LogP contribution in [-0.2, 0) is 21.2 Å². The van der Waals surface area contributed by atoms with Crippen molar-refractivity contribution in [2.24, 2.45) is 5.41 Å². The molecular weight excluding hydrogens is 356 g/mol. The van der Waals surface area contributed by atoms with Crippen LogP contribution in [0.4, 0.5) is 0 Å². The van der Waals surface area contributed by atoms with E-state index in [1.165, 1.54) is 10.6 Å². The molecule has 0 aromatic heterocycles. The van der Waals surface area contributed by atoms with E-state index in [4.69, 9.17) is 9.47 Å². The van der Waals surface area contributed by atoms with Gasteiger partial charge in [-0.2, -0.15) is 0 Å². The molecule has 8 heteroatoms. The fourth-order valence-corrected chi connectivity index (χ4v) is 3.14. The van der Waals surface area contributed by atoms with Crippen LogP contribution in [0.15, 0.2) is 18.2 Å². The quantitative estimate of drug-likeness (QED) is 0.698. The Labute approximate surface area is 156 Å². The topological polar surface area (TPSA) is 84.9 Å². The first kappa shape index (κ1) is 22.2. The van der Waals surface area contributed by atoms with E-state index >= 15 is 0 Å². The normalized spacial score (nSPS) is 12.1. The average molecular weight is 387 g/mol. The summed E-state index contributed by atoms with van der Waals surface area (Å²) in [6, 6.07) is 5.51. The predicted octanol–water partition coefficient (Wildman–Crippen LogP) is 1.67. The van der Waals surface area contributed by atoms with E-state index in [1.54, 1.807) is 20.3 Å². The summed E-state index contributed by atoms with van der Waals surface area (Å²) in [5.41, 5.74) is 0.435. The standard InChI is InChI=1S/C18H30N2O5S/c1-18(2,3)17(21)19-10-12-20(26(6,22)23)11-9-14-7-8-15(24-4)16(13-14)25-5/h7-8,13H,9-12H2,1-6H3,(H,19,21). The Bertz CT molecular complexity index is 711. The molecule has 1 aromatic carbocycles. The number of nitrogens with zero attached hydrogens (tertiary/aromatic N) is 1. The van der Waals surface area contributed by atoms with Gasteiger partial charge in [0, 0.05) is 25.0 Å². The van der Waals surface area contributed by atoms with Crippen molar-refractivity contribution >= 4 is 15.9 Å². The zero-order valence-electron chi connectivity index (χ0n) is 16.5. The van der Waals surface area contributed by atoms with E-state index in [9.17, 15) is 13.2 Å². The minimum atomic E-state index is -3.37. The van der Waals surface area contributed by atoms with Gasteiger partial charge >= 0.3 is 0 Å². The first-order valence-corrected chi connectivity index (χ1v) is 10.3. The summed E-state index contributed by atoms with van der Waals surface area (Å²) in [4.78, 5) is 11.9. The summed E-state index contributed by atoms with van der Waals surface area (Å²) in [5.74, 6) is 1.13. The van der Waals surface area contributed by atoms with E-state index in [-0.39, 0.29) is 19.0 Å². The maximum Gasteiger partial charge on any atom is 0.225 e. The van der Waals surface area contributed by atoms with Crippen molar-refractivity contribution in [2.75, 3.05) is 40.1 Å². The minimum Gasteiger partial charge on any atom is -0.493 e. The van der Waals surface area contributed by atoms with Crippen molar-refractivity contribution in [1.82, 2.24) is 9.62 Å². The van der Waals surface area contributed by atoms with Crippen LogP contribution in [0.2, 0.25) is 0 Å². The summed E-state index contributed by atoms with van der Waals surface area (Å²) in [5, 5.41) is 2.78. The van der Waals surface area contributed by atoms with Crippen LogP contribution in [0.5, 0.6) is 11.5 Å². The number of nitrogens with one attached hydrogen (secondary N) is 1. The molecule has 0 aliphatic heterocycles. The van der Waals surface area contributed by atoms with Crippen LogP contribution >= 0.6 is 0 Å². The van der Waals surface area contributed by atoms with Crippen molar-refractivity contribution in [3.8, 4) is 11.5 Å². The summed E-state index contributed by atoms with van der Waals surface area (Å²) in [6.45, 7) is 6.26. The highest BCUT2D eigenvalue weighted by Gasteiger charge is 2.22. The first-order valence-electron chi connectivity index (χ1n) is 8.43. The van der Waals surface area contributed by atoms with Crippen LogP contribution in [0.25, 0.3) is 0 Å². The third-order valence-electron chi connectivity index (χ3n) is 3.89. The molecule has 1 aromatic rings. The van der Waals surface area contributed by atoms with Crippen molar-refractivity contribution in [1.29, 1.82) is 0 Å². The molecule has 1 rings (SSSR count). The maximum absolute atomic E-state index is 12.0. The van der Waals surface area contributed by atoms with Crippen LogP contribution in [0.3, 0.4) is 0 Å². The van der Waals surface area contributed by atoms with E-state index in [0.717, 1.165) is 5.56 Å². The monoisotopic (exact) mass is 386 g/mol. The molecule has 1 amide bonds. The molecule has 0 unspecified atom stereocenters. The van der Waals surface area contributed by atoms with Gasteiger partial charge in [-0.25, -0.2) is 12.7 Å². The second kappa shape index (κ2) is 9.23. The lowest BCUT2D eigenvalue weighted by atomic mass is 9.96. The number of carbonyl (C=O) groups is 1. The first-order chi connectivity index (χ1) is 12.0. The Morgan fingerprint density at radius 1 is 1.12 bits per heavy atom. The van der Waals surface area contributed by atoms with Gasteiger partial charge in [-0.3, -0.25) is 4.79 Å². The number of hydrogen-bond donors (Lipinski definition) is 1. The maximum atomic E-state index is 12.0. The Balaban J connectivity index is 2.71. The number of hydrogen-bond acceptors (Lipinski definition) is 5. The number of rotatable bonds is 9. The molecule has 7 nitrogen and oxygen atoms in total. The number of ether oxygens (including phenoxy) is 2. The number of benzene rings is 1. The SMILES string of the molecule is COc1ccc(CCN(CCNC(=O)C(C)(C)C)S(C)(=O)=O)cc1OC. The lowest BCUT2D eigenvalue weighted by Crippen LogP contribution is -2.42. The smallest absolute Gasteiger partial charge is 0.225 e. The molecule has 0 saturated carbocycles. The highest BCUT2D eigenvalue weighted by Crippen LogP contribution is 2.27. The lowest BCUT2D eigenvalue weighted by Gasteiger charge is -2.22. The molecule has 0 radical (unpaired) electrons. The Morgan fingerprint density at radius 2 is 1.73 bits per heavy atom. The highest BCUT2D eigenvalue weighted by atomic mass is 32.2. The highest BCUT2D eigenvalue weighted by molar-refractivity contribution is 7.88. The second-order valence-corrected chi connectivity index (χ2v) is 9.09. The Morgan fingerprint density at radius 3 is 2.23 bits per heavy atom. The van der Waals surface area contributed by atoms with Crippen molar-refractivity contribution in [3.63, 3.8) is 0 Å². The minimum absolute atomic E-state index is 0.106. The number of amides is 1. The largest absolute Gasteiger partial charge is 0.493 e. The second-order valence-electron chi connectivity index (χ2n) is 7.11. The van der Waals surface area contributed by atoms with Gasteiger partial charge in [-0.15, -0.1) is 0 Å². The number of carbonyl (C=O) groups excluding carboxylic acids is 1. The van der Waals surface area contributed by atoms with Crippen molar-refractivity contribution < 1.29 is 22.7 Å². The van der Waals surface area contributed by atoms with E-state index in [1.807, 2.05) is 32.9 Å². The molecule has 0 heterocycles. The molecule has 0 bridgehead atoms. The van der Waals surface area contributed by atoms with Gasteiger partial charge in [0.2, 0.25) is 15.9 Å². The molecule has 0 spiro atoms. The molecule has 148 valence electrons.